The first-order chi connectivity index (χ1) is 14.6. The van der Waals surface area contributed by atoms with Crippen LogP contribution in [0.4, 0.5) is 4.39 Å². The summed E-state index contributed by atoms with van der Waals surface area (Å²) in [6.07, 6.45) is 4.29. The summed E-state index contributed by atoms with van der Waals surface area (Å²) in [6, 6.07) is 6.27. The largest absolute Gasteiger partial charge is 0.339 e. The van der Waals surface area contributed by atoms with Gasteiger partial charge in [-0.2, -0.15) is 4.31 Å². The first-order valence-corrected chi connectivity index (χ1v) is 14.2. The summed E-state index contributed by atoms with van der Waals surface area (Å²) in [6.45, 7) is 0.830. The first-order valence-electron chi connectivity index (χ1n) is 10.9. The van der Waals surface area contributed by atoms with Crippen molar-refractivity contribution in [1.82, 2.24) is 9.21 Å². The molecule has 172 valence electrons. The minimum atomic E-state index is -3.71. The molecule has 4 rings (SSSR count). The predicted molar refractivity (Wildman–Crippen MR) is 115 cm³/mol. The molecule has 1 unspecified atom stereocenters. The molecule has 0 spiro atoms. The zero-order valence-electron chi connectivity index (χ0n) is 17.5. The minimum Gasteiger partial charge on any atom is -0.339 e. The molecule has 1 aromatic rings. The highest BCUT2D eigenvalue weighted by atomic mass is 32.2. The fraction of sp³-hybridized carbons (Fsp3) is 0.667. The second-order valence-corrected chi connectivity index (χ2v) is 13.4. The van der Waals surface area contributed by atoms with Crippen LogP contribution in [-0.2, 0) is 30.1 Å². The van der Waals surface area contributed by atoms with E-state index in [1.165, 1.54) is 16.4 Å². The van der Waals surface area contributed by atoms with E-state index in [1.54, 1.807) is 11.0 Å². The van der Waals surface area contributed by atoms with Crippen LogP contribution in [0.15, 0.2) is 24.3 Å². The maximum atomic E-state index is 13.9. The van der Waals surface area contributed by atoms with Crippen molar-refractivity contribution in [3.63, 3.8) is 0 Å². The van der Waals surface area contributed by atoms with Gasteiger partial charge in [-0.3, -0.25) is 4.79 Å². The fourth-order valence-corrected chi connectivity index (χ4v) is 9.73. The van der Waals surface area contributed by atoms with Gasteiger partial charge in [0.25, 0.3) is 0 Å². The lowest BCUT2D eigenvalue weighted by molar-refractivity contribution is -0.140. The maximum Gasteiger partial charge on any atom is 0.233 e. The number of halogens is 1. The highest BCUT2D eigenvalue weighted by Gasteiger charge is 2.46. The molecule has 0 bridgehead atoms. The van der Waals surface area contributed by atoms with E-state index in [4.69, 9.17) is 0 Å². The van der Waals surface area contributed by atoms with Gasteiger partial charge in [-0.25, -0.2) is 21.2 Å². The summed E-state index contributed by atoms with van der Waals surface area (Å²) in [5, 5.41) is -0.892. The molecule has 1 aliphatic carbocycles. The third-order valence-corrected chi connectivity index (χ3v) is 11.3. The van der Waals surface area contributed by atoms with E-state index in [9.17, 15) is 26.0 Å². The van der Waals surface area contributed by atoms with Crippen molar-refractivity contribution in [2.24, 2.45) is 0 Å². The molecule has 1 aromatic carbocycles. The summed E-state index contributed by atoms with van der Waals surface area (Å²) in [7, 11) is -7.01. The van der Waals surface area contributed by atoms with Gasteiger partial charge in [0.05, 0.1) is 22.2 Å². The number of carbonyl (C=O) groups is 1. The molecule has 1 atom stereocenters. The van der Waals surface area contributed by atoms with Gasteiger partial charge in [-0.15, -0.1) is 0 Å². The van der Waals surface area contributed by atoms with Crippen molar-refractivity contribution >= 4 is 25.8 Å². The summed E-state index contributed by atoms with van der Waals surface area (Å²) in [4.78, 5) is 15.3. The number of rotatable bonds is 4. The number of sulfonamides is 1. The molecule has 0 N–H and O–H groups in total. The van der Waals surface area contributed by atoms with Crippen LogP contribution in [0.2, 0.25) is 0 Å². The molecular weight excluding hydrogens is 443 g/mol. The molecule has 1 amide bonds. The highest BCUT2D eigenvalue weighted by molar-refractivity contribution is 7.95. The third kappa shape index (κ3) is 4.39. The number of benzene rings is 1. The standard InChI is InChI=1S/C21H29FN2O5S2/c22-18-6-4-5-17(15-18)21(8-2-1-3-9-21)20(25)23-10-12-24(13-11-23)31(28,29)19-7-14-30(26,27)16-19/h4-6,15,19H,1-3,7-14,16H2. The molecule has 3 aliphatic rings. The van der Waals surface area contributed by atoms with Gasteiger partial charge in [-0.1, -0.05) is 31.4 Å². The topological polar surface area (TPSA) is 91.8 Å². The Bertz CT molecular complexity index is 1040. The zero-order chi connectivity index (χ0) is 22.3. The summed E-state index contributed by atoms with van der Waals surface area (Å²) < 4.78 is 64.5. The van der Waals surface area contributed by atoms with Gasteiger partial charge in [-0.05, 0) is 37.0 Å². The lowest BCUT2D eigenvalue weighted by Gasteiger charge is -2.43. The Hall–Kier alpha value is -1.52. The molecule has 10 heteroatoms. The van der Waals surface area contributed by atoms with Gasteiger partial charge < -0.3 is 4.90 Å². The average molecular weight is 473 g/mol. The number of hydrogen-bond acceptors (Lipinski definition) is 5. The molecule has 0 aromatic heterocycles. The van der Waals surface area contributed by atoms with E-state index in [2.05, 4.69) is 0 Å². The van der Waals surface area contributed by atoms with E-state index >= 15 is 0 Å². The number of sulfone groups is 1. The van der Waals surface area contributed by atoms with Crippen LogP contribution in [-0.4, -0.2) is 74.9 Å². The van der Waals surface area contributed by atoms with Crippen LogP contribution in [0.5, 0.6) is 0 Å². The summed E-state index contributed by atoms with van der Waals surface area (Å²) >= 11 is 0. The van der Waals surface area contributed by atoms with E-state index < -0.39 is 30.5 Å². The Labute approximate surface area is 183 Å². The Morgan fingerprint density at radius 2 is 1.74 bits per heavy atom. The van der Waals surface area contributed by atoms with Gasteiger partial charge in [0.1, 0.15) is 5.82 Å². The number of amides is 1. The van der Waals surface area contributed by atoms with Gasteiger partial charge in [0.2, 0.25) is 15.9 Å². The van der Waals surface area contributed by atoms with Crippen LogP contribution >= 0.6 is 0 Å². The predicted octanol–water partition coefficient (Wildman–Crippen LogP) is 1.69. The van der Waals surface area contributed by atoms with Crippen molar-refractivity contribution < 1.29 is 26.0 Å². The van der Waals surface area contributed by atoms with Crippen molar-refractivity contribution in [3.8, 4) is 0 Å². The zero-order valence-corrected chi connectivity index (χ0v) is 19.1. The molecule has 1 saturated carbocycles. The lowest BCUT2D eigenvalue weighted by Crippen LogP contribution is -2.57. The number of nitrogens with zero attached hydrogens (tertiary/aromatic N) is 2. The molecule has 2 heterocycles. The average Bonchev–Trinajstić information content (AvgIpc) is 3.14. The van der Waals surface area contributed by atoms with Crippen molar-refractivity contribution in [3.05, 3.63) is 35.6 Å². The maximum absolute atomic E-state index is 13.9. The van der Waals surface area contributed by atoms with E-state index in [-0.39, 0.29) is 55.8 Å². The van der Waals surface area contributed by atoms with Crippen LogP contribution in [0.3, 0.4) is 0 Å². The Kier molecular flexibility index (Phi) is 6.17. The fourth-order valence-electron chi connectivity index (χ4n) is 5.22. The molecule has 2 saturated heterocycles. The monoisotopic (exact) mass is 472 g/mol. The molecule has 0 radical (unpaired) electrons. The Balaban J connectivity index is 1.49. The van der Waals surface area contributed by atoms with E-state index in [1.807, 2.05) is 6.07 Å². The van der Waals surface area contributed by atoms with Crippen LogP contribution in [0.25, 0.3) is 0 Å². The number of carbonyl (C=O) groups excluding carboxylic acids is 1. The smallest absolute Gasteiger partial charge is 0.233 e. The Morgan fingerprint density at radius 1 is 1.06 bits per heavy atom. The van der Waals surface area contributed by atoms with Crippen LogP contribution < -0.4 is 0 Å². The van der Waals surface area contributed by atoms with E-state index in [0.29, 0.717) is 18.4 Å². The normalized spacial score (nSPS) is 26.6. The van der Waals surface area contributed by atoms with Gasteiger partial charge in [0.15, 0.2) is 9.84 Å². The number of piperazine rings is 1. The Morgan fingerprint density at radius 3 is 2.32 bits per heavy atom. The van der Waals surface area contributed by atoms with E-state index in [0.717, 1.165) is 19.3 Å². The SMILES string of the molecule is O=C(N1CCN(S(=O)(=O)C2CCS(=O)(=O)C2)CC1)C1(c2cccc(F)c2)CCCCC1. The number of hydrogen-bond donors (Lipinski definition) is 0. The lowest BCUT2D eigenvalue weighted by atomic mass is 9.68. The molecule has 3 fully saturated rings. The quantitative estimate of drug-likeness (QED) is 0.665. The van der Waals surface area contributed by atoms with Crippen LogP contribution in [0, 0.1) is 5.82 Å². The van der Waals surface area contributed by atoms with Crippen molar-refractivity contribution in [2.75, 3.05) is 37.7 Å². The summed E-state index contributed by atoms with van der Waals surface area (Å²) in [5.41, 5.74) is -0.0654. The molecule has 31 heavy (non-hydrogen) atoms. The van der Waals surface area contributed by atoms with Crippen molar-refractivity contribution in [2.45, 2.75) is 49.2 Å². The summed E-state index contributed by atoms with van der Waals surface area (Å²) in [5.74, 6) is -0.834. The minimum absolute atomic E-state index is 0.0571. The van der Waals surface area contributed by atoms with Crippen LogP contribution in [0.1, 0.15) is 44.1 Å². The van der Waals surface area contributed by atoms with Gasteiger partial charge in [0, 0.05) is 26.2 Å². The second-order valence-electron chi connectivity index (χ2n) is 8.91. The molecular formula is C21H29FN2O5S2. The second kappa shape index (κ2) is 8.44. The molecule has 2 aliphatic heterocycles. The van der Waals surface area contributed by atoms with Crippen molar-refractivity contribution in [1.29, 1.82) is 0 Å². The highest BCUT2D eigenvalue weighted by Crippen LogP contribution is 2.41. The van der Waals surface area contributed by atoms with Gasteiger partial charge >= 0.3 is 0 Å². The molecule has 7 nitrogen and oxygen atoms in total. The first kappa shape index (κ1) is 22.7. The third-order valence-electron chi connectivity index (χ3n) is 6.99.